The zero-order valence-electron chi connectivity index (χ0n) is 18.2. The van der Waals surface area contributed by atoms with Crippen molar-refractivity contribution < 1.29 is 9.53 Å². The fourth-order valence-corrected chi connectivity index (χ4v) is 3.76. The summed E-state index contributed by atoms with van der Waals surface area (Å²) in [4.78, 5) is 20.2. The molecule has 0 aliphatic heterocycles. The molecule has 0 fully saturated rings. The van der Waals surface area contributed by atoms with Gasteiger partial charge in [0.25, 0.3) is 5.91 Å². The molecule has 2 aromatic carbocycles. The second-order valence-electron chi connectivity index (χ2n) is 7.57. The quantitative estimate of drug-likeness (QED) is 0.385. The van der Waals surface area contributed by atoms with Gasteiger partial charge in [0, 0.05) is 53.2 Å². The topological polar surface area (TPSA) is 84.8 Å². The van der Waals surface area contributed by atoms with Crippen molar-refractivity contribution >= 4 is 16.8 Å². The van der Waals surface area contributed by atoms with Crippen molar-refractivity contribution in [3.05, 3.63) is 96.6 Å². The molecule has 0 bridgehead atoms. The van der Waals surface area contributed by atoms with Crippen molar-refractivity contribution in [1.29, 1.82) is 0 Å². The van der Waals surface area contributed by atoms with Gasteiger partial charge in [0.05, 0.1) is 18.0 Å². The van der Waals surface area contributed by atoms with Gasteiger partial charge in [-0.3, -0.25) is 9.78 Å². The third-order valence-electron chi connectivity index (χ3n) is 5.35. The van der Waals surface area contributed by atoms with Gasteiger partial charge in [-0.2, -0.15) is 5.10 Å². The summed E-state index contributed by atoms with van der Waals surface area (Å²) in [5, 5.41) is 8.76. The van der Waals surface area contributed by atoms with Crippen LogP contribution in [0.4, 0.5) is 0 Å². The number of carbonyl (C=O) groups excluding carboxylic acids is 1. The first-order valence-corrected chi connectivity index (χ1v) is 10.8. The molecule has 1 amide bonds. The number of hydrogen-bond donors (Lipinski definition) is 2. The van der Waals surface area contributed by atoms with Crippen LogP contribution in [-0.4, -0.2) is 32.3 Å². The van der Waals surface area contributed by atoms with E-state index in [1.165, 1.54) is 0 Å². The van der Waals surface area contributed by atoms with E-state index in [9.17, 15) is 4.79 Å². The molecule has 2 N–H and O–H groups in total. The van der Waals surface area contributed by atoms with Gasteiger partial charge in [-0.15, -0.1) is 0 Å². The van der Waals surface area contributed by atoms with Crippen molar-refractivity contribution in [1.82, 2.24) is 25.1 Å². The lowest BCUT2D eigenvalue weighted by atomic mass is 10.1. The van der Waals surface area contributed by atoms with Crippen LogP contribution in [0.5, 0.6) is 5.75 Å². The first kappa shape index (κ1) is 20.5. The lowest BCUT2D eigenvalue weighted by Gasteiger charge is -2.04. The maximum atomic E-state index is 12.9. The predicted molar refractivity (Wildman–Crippen MR) is 127 cm³/mol. The highest BCUT2D eigenvalue weighted by molar-refractivity contribution is 5.98. The molecule has 0 unspecified atom stereocenters. The first-order chi connectivity index (χ1) is 16.2. The maximum Gasteiger partial charge on any atom is 0.267 e. The Kier molecular flexibility index (Phi) is 5.59. The molecule has 164 valence electrons. The average Bonchev–Trinajstić information content (AvgIpc) is 3.48. The number of hydrogen-bond acceptors (Lipinski definition) is 4. The van der Waals surface area contributed by atoms with E-state index in [1.807, 2.05) is 84.5 Å². The van der Waals surface area contributed by atoms with Gasteiger partial charge in [0.15, 0.2) is 0 Å². The van der Waals surface area contributed by atoms with Gasteiger partial charge in [-0.25, -0.2) is 4.68 Å². The number of nitrogens with zero attached hydrogens (tertiary/aromatic N) is 3. The number of aromatic amines is 1. The molecule has 0 spiro atoms. The molecule has 0 aliphatic carbocycles. The molecule has 0 atom stereocenters. The molecule has 3 aromatic heterocycles. The summed E-state index contributed by atoms with van der Waals surface area (Å²) in [6, 6.07) is 21.3. The summed E-state index contributed by atoms with van der Waals surface area (Å²) in [5.41, 5.74) is 4.97. The van der Waals surface area contributed by atoms with Crippen molar-refractivity contribution in [2.45, 2.75) is 13.5 Å². The molecule has 5 aromatic rings. The number of pyridine rings is 1. The highest BCUT2D eigenvalue weighted by atomic mass is 16.5. The summed E-state index contributed by atoms with van der Waals surface area (Å²) in [5.74, 6) is 0.589. The Morgan fingerprint density at radius 3 is 2.67 bits per heavy atom. The number of benzene rings is 2. The molecule has 0 saturated carbocycles. The van der Waals surface area contributed by atoms with E-state index in [1.54, 1.807) is 12.4 Å². The van der Waals surface area contributed by atoms with Crippen LogP contribution in [0.25, 0.3) is 27.8 Å². The number of nitrogens with one attached hydrogen (secondary N) is 2. The van der Waals surface area contributed by atoms with Gasteiger partial charge in [0.1, 0.15) is 11.4 Å². The van der Waals surface area contributed by atoms with E-state index in [2.05, 4.69) is 15.3 Å². The second kappa shape index (κ2) is 9.00. The summed E-state index contributed by atoms with van der Waals surface area (Å²) in [6.45, 7) is 2.87. The molecule has 0 aliphatic rings. The van der Waals surface area contributed by atoms with Crippen molar-refractivity contribution in [2.75, 3.05) is 6.61 Å². The van der Waals surface area contributed by atoms with Gasteiger partial charge in [-0.05, 0) is 49.4 Å². The number of fused-ring (bicyclic) bond motifs is 1. The van der Waals surface area contributed by atoms with Crippen LogP contribution in [0.3, 0.4) is 0 Å². The summed E-state index contributed by atoms with van der Waals surface area (Å²) >= 11 is 0. The molecule has 3 heterocycles. The van der Waals surface area contributed by atoms with E-state index in [0.29, 0.717) is 18.8 Å². The standard InChI is InChI=1S/C26H23N5O2/c1-2-33-22-9-8-19-14-24(29-23(19)15-22)26(32)28-16-20-17-31(21-6-4-3-5-7-21)30-25(20)18-10-12-27-13-11-18/h3-15,17,29H,2,16H2,1H3,(H,28,32). The molecule has 0 saturated heterocycles. The van der Waals surface area contributed by atoms with Crippen molar-refractivity contribution in [2.24, 2.45) is 0 Å². The fraction of sp³-hybridized carbons (Fsp3) is 0.115. The molecular formula is C26H23N5O2. The molecule has 7 heteroatoms. The summed E-state index contributed by atoms with van der Waals surface area (Å²) in [6.07, 6.45) is 5.42. The van der Waals surface area contributed by atoms with Crippen molar-refractivity contribution in [3.8, 4) is 22.7 Å². The smallest absolute Gasteiger partial charge is 0.267 e. The molecule has 0 radical (unpaired) electrons. The van der Waals surface area contributed by atoms with Crippen LogP contribution >= 0.6 is 0 Å². The van der Waals surface area contributed by atoms with Crippen LogP contribution in [-0.2, 0) is 6.54 Å². The Balaban J connectivity index is 1.40. The number of H-pyrrole nitrogens is 1. The van der Waals surface area contributed by atoms with Gasteiger partial charge in [0.2, 0.25) is 0 Å². The highest BCUT2D eigenvalue weighted by Crippen LogP contribution is 2.24. The minimum Gasteiger partial charge on any atom is -0.494 e. The van der Waals surface area contributed by atoms with E-state index in [-0.39, 0.29) is 5.91 Å². The third-order valence-corrected chi connectivity index (χ3v) is 5.35. The molecular weight excluding hydrogens is 414 g/mol. The third kappa shape index (κ3) is 4.34. The van der Waals surface area contributed by atoms with Crippen LogP contribution in [0.1, 0.15) is 23.0 Å². The zero-order valence-corrected chi connectivity index (χ0v) is 18.2. The van der Waals surface area contributed by atoms with Crippen LogP contribution in [0.2, 0.25) is 0 Å². The van der Waals surface area contributed by atoms with Gasteiger partial charge >= 0.3 is 0 Å². The van der Waals surface area contributed by atoms with Crippen LogP contribution < -0.4 is 10.1 Å². The van der Waals surface area contributed by atoms with E-state index >= 15 is 0 Å². The average molecular weight is 438 g/mol. The minimum atomic E-state index is -0.183. The Hall–Kier alpha value is -4.39. The Morgan fingerprint density at radius 1 is 1.06 bits per heavy atom. The SMILES string of the molecule is CCOc1ccc2cc(C(=O)NCc3cn(-c4ccccc4)nc3-c3ccncc3)[nH]c2c1. The second-order valence-corrected chi connectivity index (χ2v) is 7.57. The highest BCUT2D eigenvalue weighted by Gasteiger charge is 2.15. The Bertz CT molecular complexity index is 1390. The predicted octanol–water partition coefficient (Wildman–Crippen LogP) is 4.74. The lowest BCUT2D eigenvalue weighted by molar-refractivity contribution is 0.0947. The number of para-hydroxylation sites is 1. The van der Waals surface area contributed by atoms with E-state index in [4.69, 9.17) is 9.84 Å². The minimum absolute atomic E-state index is 0.183. The number of ether oxygens (including phenoxy) is 1. The normalized spacial score (nSPS) is 10.9. The van der Waals surface area contributed by atoms with Gasteiger partial charge < -0.3 is 15.0 Å². The number of rotatable bonds is 7. The molecule has 7 nitrogen and oxygen atoms in total. The summed E-state index contributed by atoms with van der Waals surface area (Å²) in [7, 11) is 0. The first-order valence-electron chi connectivity index (χ1n) is 10.8. The number of amides is 1. The van der Waals surface area contributed by atoms with Crippen molar-refractivity contribution in [3.63, 3.8) is 0 Å². The summed E-state index contributed by atoms with van der Waals surface area (Å²) < 4.78 is 7.38. The van der Waals surface area contributed by atoms with E-state index < -0.39 is 0 Å². The molecule has 33 heavy (non-hydrogen) atoms. The monoisotopic (exact) mass is 437 g/mol. The van der Waals surface area contributed by atoms with E-state index in [0.717, 1.165) is 39.2 Å². The number of aromatic nitrogens is 4. The Morgan fingerprint density at radius 2 is 1.88 bits per heavy atom. The number of carbonyl (C=O) groups is 1. The molecule has 5 rings (SSSR count). The lowest BCUT2D eigenvalue weighted by Crippen LogP contribution is -2.23. The van der Waals surface area contributed by atoms with Gasteiger partial charge in [-0.1, -0.05) is 18.2 Å². The largest absolute Gasteiger partial charge is 0.494 e. The van der Waals surface area contributed by atoms with Crippen LogP contribution in [0, 0.1) is 0 Å². The zero-order chi connectivity index (χ0) is 22.6. The fourth-order valence-electron chi connectivity index (χ4n) is 3.76. The van der Waals surface area contributed by atoms with Crippen LogP contribution in [0.15, 0.2) is 85.3 Å². The maximum absolute atomic E-state index is 12.9. The Labute approximate surface area is 191 Å².